The van der Waals surface area contributed by atoms with Crippen molar-refractivity contribution in [2.24, 2.45) is 17.8 Å². The van der Waals surface area contributed by atoms with Gasteiger partial charge in [0.15, 0.2) is 0 Å². The summed E-state index contributed by atoms with van der Waals surface area (Å²) in [5.41, 5.74) is 1.64. The topological polar surface area (TPSA) is 0 Å². The fourth-order valence-electron chi connectivity index (χ4n) is 4.03. The maximum absolute atomic E-state index is 2.52. The van der Waals surface area contributed by atoms with Crippen LogP contribution in [0.5, 0.6) is 0 Å². The highest BCUT2D eigenvalue weighted by Crippen LogP contribution is 2.41. The first-order valence-electron chi connectivity index (χ1n) is 8.13. The summed E-state index contributed by atoms with van der Waals surface area (Å²) in [7, 11) is 0. The molecule has 3 aliphatic carbocycles. The summed E-state index contributed by atoms with van der Waals surface area (Å²) in [5.74, 6) is 2.43. The van der Waals surface area contributed by atoms with Crippen molar-refractivity contribution in [1.29, 1.82) is 0 Å². The number of hydrogen-bond acceptors (Lipinski definition) is 0. The van der Waals surface area contributed by atoms with Crippen molar-refractivity contribution in [2.45, 2.75) is 51.4 Å². The fourth-order valence-corrected chi connectivity index (χ4v) is 4.03. The first kappa shape index (κ1) is 13.0. The zero-order chi connectivity index (χ0) is 12.9. The predicted molar refractivity (Wildman–Crippen MR) is 82.9 cm³/mol. The van der Waals surface area contributed by atoms with Gasteiger partial charge in [0.1, 0.15) is 0 Å². The third kappa shape index (κ3) is 3.11. The molecule has 0 N–H and O–H groups in total. The van der Waals surface area contributed by atoms with Gasteiger partial charge in [-0.3, -0.25) is 0 Å². The summed E-state index contributed by atoms with van der Waals surface area (Å²) in [6, 6.07) is 0. The normalized spacial score (nSPS) is 32.1. The molecule has 0 amide bonds. The molecule has 0 heterocycles. The molecule has 0 aromatic heterocycles. The SMILES string of the molecule is C1=CC(C(C2C=CCCC2)C2CC=CCC2)=CCC1. The second-order valence-electron chi connectivity index (χ2n) is 6.28. The van der Waals surface area contributed by atoms with E-state index in [9.17, 15) is 0 Å². The Morgan fingerprint density at radius 1 is 0.895 bits per heavy atom. The van der Waals surface area contributed by atoms with Crippen LogP contribution in [-0.4, -0.2) is 0 Å². The summed E-state index contributed by atoms with van der Waals surface area (Å²) in [5, 5.41) is 0. The predicted octanol–water partition coefficient (Wildman–Crippen LogP) is 5.59. The third-order valence-electron chi connectivity index (χ3n) is 4.98. The molecule has 19 heavy (non-hydrogen) atoms. The average molecular weight is 254 g/mol. The molecular weight excluding hydrogens is 228 g/mol. The van der Waals surface area contributed by atoms with Crippen LogP contribution >= 0.6 is 0 Å². The monoisotopic (exact) mass is 254 g/mol. The standard InChI is InChI=1S/C19H26/c1-4-10-16(11-5-1)19(17-12-6-2-7-13-17)18-14-8-3-9-15-18/h1,4,6,8,12-14,16,18-19H,2-3,5,7,9-11,15H2. The molecule has 0 fully saturated rings. The molecule has 0 heteroatoms. The number of rotatable bonds is 3. The Bertz CT molecular complexity index is 408. The van der Waals surface area contributed by atoms with E-state index in [-0.39, 0.29) is 0 Å². The van der Waals surface area contributed by atoms with Gasteiger partial charge < -0.3 is 0 Å². The second kappa shape index (κ2) is 6.41. The van der Waals surface area contributed by atoms with Gasteiger partial charge >= 0.3 is 0 Å². The maximum Gasteiger partial charge on any atom is -0.00709 e. The lowest BCUT2D eigenvalue weighted by atomic mass is 9.69. The average Bonchev–Trinajstić information content (AvgIpc) is 2.51. The van der Waals surface area contributed by atoms with Gasteiger partial charge in [0.2, 0.25) is 0 Å². The lowest BCUT2D eigenvalue weighted by Gasteiger charge is -2.36. The van der Waals surface area contributed by atoms with E-state index in [1.807, 2.05) is 0 Å². The van der Waals surface area contributed by atoms with Crippen molar-refractivity contribution in [3.63, 3.8) is 0 Å². The summed E-state index contributed by atoms with van der Waals surface area (Å²) >= 11 is 0. The third-order valence-corrected chi connectivity index (χ3v) is 4.98. The van der Waals surface area contributed by atoms with Crippen LogP contribution in [0.1, 0.15) is 51.4 Å². The van der Waals surface area contributed by atoms with Crippen molar-refractivity contribution in [1.82, 2.24) is 0 Å². The van der Waals surface area contributed by atoms with E-state index in [4.69, 9.17) is 0 Å². The van der Waals surface area contributed by atoms with Crippen LogP contribution in [0.4, 0.5) is 0 Å². The zero-order valence-corrected chi connectivity index (χ0v) is 11.9. The van der Waals surface area contributed by atoms with E-state index in [1.54, 1.807) is 5.57 Å². The minimum atomic E-state index is 0.776. The van der Waals surface area contributed by atoms with Gasteiger partial charge in [-0.2, -0.15) is 0 Å². The van der Waals surface area contributed by atoms with Gasteiger partial charge in [-0.05, 0) is 74.7 Å². The first-order chi connectivity index (χ1) is 9.45. The van der Waals surface area contributed by atoms with Crippen LogP contribution in [0.25, 0.3) is 0 Å². The molecule has 0 radical (unpaired) electrons. The zero-order valence-electron chi connectivity index (χ0n) is 11.9. The van der Waals surface area contributed by atoms with Crippen molar-refractivity contribution < 1.29 is 0 Å². The van der Waals surface area contributed by atoms with Gasteiger partial charge in [0.05, 0.1) is 0 Å². The smallest absolute Gasteiger partial charge is 0.00709 e. The van der Waals surface area contributed by atoms with Gasteiger partial charge in [-0.1, -0.05) is 42.5 Å². The van der Waals surface area contributed by atoms with Crippen LogP contribution in [-0.2, 0) is 0 Å². The highest BCUT2D eigenvalue weighted by Gasteiger charge is 2.30. The number of allylic oxidation sites excluding steroid dienone is 8. The molecule has 3 aliphatic rings. The molecule has 0 bridgehead atoms. The molecule has 0 saturated carbocycles. The summed E-state index contributed by atoms with van der Waals surface area (Å²) in [6.07, 6.45) is 27.6. The Hall–Kier alpha value is -1.04. The van der Waals surface area contributed by atoms with Crippen molar-refractivity contribution in [3.05, 3.63) is 48.1 Å². The van der Waals surface area contributed by atoms with E-state index in [2.05, 4.69) is 42.5 Å². The Kier molecular flexibility index (Phi) is 4.37. The van der Waals surface area contributed by atoms with Crippen LogP contribution in [0.15, 0.2) is 48.1 Å². The van der Waals surface area contributed by atoms with Gasteiger partial charge in [-0.15, -0.1) is 0 Å². The van der Waals surface area contributed by atoms with E-state index in [1.165, 1.54) is 51.4 Å². The molecule has 3 unspecified atom stereocenters. The van der Waals surface area contributed by atoms with Crippen molar-refractivity contribution in [2.75, 3.05) is 0 Å². The Morgan fingerprint density at radius 2 is 1.89 bits per heavy atom. The van der Waals surface area contributed by atoms with Crippen LogP contribution in [0.3, 0.4) is 0 Å². The van der Waals surface area contributed by atoms with E-state index < -0.39 is 0 Å². The van der Waals surface area contributed by atoms with Crippen LogP contribution in [0.2, 0.25) is 0 Å². The highest BCUT2D eigenvalue weighted by molar-refractivity contribution is 5.28. The highest BCUT2D eigenvalue weighted by atomic mass is 14.3. The molecule has 0 aliphatic heterocycles. The van der Waals surface area contributed by atoms with Crippen LogP contribution < -0.4 is 0 Å². The molecule has 0 nitrogen and oxygen atoms in total. The Balaban J connectivity index is 1.83. The molecule has 0 aromatic carbocycles. The first-order valence-corrected chi connectivity index (χ1v) is 8.13. The van der Waals surface area contributed by atoms with Crippen molar-refractivity contribution >= 4 is 0 Å². The van der Waals surface area contributed by atoms with Crippen LogP contribution in [0, 0.1) is 17.8 Å². The van der Waals surface area contributed by atoms with E-state index in [0.717, 1.165) is 17.8 Å². The molecular formula is C19H26. The fraction of sp³-hybridized carbons (Fsp3) is 0.579. The molecule has 3 atom stereocenters. The second-order valence-corrected chi connectivity index (χ2v) is 6.28. The van der Waals surface area contributed by atoms with Gasteiger partial charge in [-0.25, -0.2) is 0 Å². The molecule has 0 saturated heterocycles. The van der Waals surface area contributed by atoms with E-state index >= 15 is 0 Å². The Morgan fingerprint density at radius 3 is 2.58 bits per heavy atom. The quantitative estimate of drug-likeness (QED) is 0.576. The van der Waals surface area contributed by atoms with Crippen molar-refractivity contribution in [3.8, 4) is 0 Å². The molecule has 0 spiro atoms. The van der Waals surface area contributed by atoms with Gasteiger partial charge in [0, 0.05) is 0 Å². The molecule has 102 valence electrons. The van der Waals surface area contributed by atoms with Gasteiger partial charge in [0.25, 0.3) is 0 Å². The van der Waals surface area contributed by atoms with E-state index in [0.29, 0.717) is 0 Å². The minimum absolute atomic E-state index is 0.776. The number of hydrogen-bond donors (Lipinski definition) is 0. The summed E-state index contributed by atoms with van der Waals surface area (Å²) in [4.78, 5) is 0. The minimum Gasteiger partial charge on any atom is -0.0885 e. The maximum atomic E-state index is 2.52. The molecule has 0 aromatic rings. The largest absolute Gasteiger partial charge is 0.0885 e. The Labute approximate surface area is 118 Å². The lowest BCUT2D eigenvalue weighted by Crippen LogP contribution is -2.26. The lowest BCUT2D eigenvalue weighted by molar-refractivity contribution is 0.269. The summed E-state index contributed by atoms with van der Waals surface area (Å²) < 4.78 is 0. The molecule has 3 rings (SSSR count). The summed E-state index contributed by atoms with van der Waals surface area (Å²) in [6.45, 7) is 0.